The molecule has 3 aliphatic rings. The highest BCUT2D eigenvalue weighted by atomic mass is 19.1. The zero-order valence-corrected chi connectivity index (χ0v) is 19.7. The van der Waals surface area contributed by atoms with Crippen LogP contribution in [0, 0.1) is 12.7 Å². The number of anilines is 1. The lowest BCUT2D eigenvalue weighted by Gasteiger charge is -2.36. The summed E-state index contributed by atoms with van der Waals surface area (Å²) in [5.74, 6) is 0.613. The van der Waals surface area contributed by atoms with Gasteiger partial charge in [0.2, 0.25) is 0 Å². The van der Waals surface area contributed by atoms with E-state index in [4.69, 9.17) is 9.57 Å². The average Bonchev–Trinajstić information content (AvgIpc) is 3.52. The first-order valence-corrected chi connectivity index (χ1v) is 11.4. The van der Waals surface area contributed by atoms with Gasteiger partial charge in [-0.1, -0.05) is 11.2 Å². The van der Waals surface area contributed by atoms with Crippen LogP contribution in [0.25, 0.3) is 11.8 Å². The van der Waals surface area contributed by atoms with E-state index in [9.17, 15) is 9.18 Å². The van der Waals surface area contributed by atoms with Crippen LogP contribution in [-0.4, -0.2) is 46.9 Å². The van der Waals surface area contributed by atoms with Crippen molar-refractivity contribution in [2.24, 2.45) is 5.16 Å². The second-order valence-electron chi connectivity index (χ2n) is 8.95. The first kappa shape index (κ1) is 21.4. The van der Waals surface area contributed by atoms with Gasteiger partial charge in [-0.3, -0.25) is 4.79 Å². The monoisotopic (exact) mass is 473 g/mol. The van der Waals surface area contributed by atoms with Crippen molar-refractivity contribution in [2.75, 3.05) is 25.6 Å². The maximum atomic E-state index is 14.2. The lowest BCUT2D eigenvalue weighted by molar-refractivity contribution is -0.157. The van der Waals surface area contributed by atoms with E-state index in [-0.39, 0.29) is 5.91 Å². The fourth-order valence-corrected chi connectivity index (χ4v) is 5.15. The Morgan fingerprint density at radius 3 is 2.80 bits per heavy atom. The Morgan fingerprint density at radius 1 is 1.20 bits per heavy atom. The highest BCUT2D eigenvalue weighted by Crippen LogP contribution is 2.49. The zero-order chi connectivity index (χ0) is 24.3. The average molecular weight is 474 g/mol. The summed E-state index contributed by atoms with van der Waals surface area (Å²) < 4.78 is 21.8. The van der Waals surface area contributed by atoms with Crippen LogP contribution < -0.4 is 9.64 Å². The van der Waals surface area contributed by atoms with E-state index in [1.165, 1.54) is 17.0 Å². The minimum absolute atomic E-state index is 0.278. The molecular weight excluding hydrogens is 449 g/mol. The Hall–Kier alpha value is -4.14. The van der Waals surface area contributed by atoms with Crippen LogP contribution in [0.1, 0.15) is 29.7 Å². The van der Waals surface area contributed by atoms with Crippen molar-refractivity contribution in [3.05, 3.63) is 77.1 Å². The maximum absolute atomic E-state index is 14.2. The van der Waals surface area contributed by atoms with Crippen molar-refractivity contribution in [2.45, 2.75) is 25.5 Å². The molecule has 1 aromatic heterocycles. The van der Waals surface area contributed by atoms with Crippen LogP contribution in [0.15, 0.2) is 59.7 Å². The molecule has 4 heterocycles. The molecule has 2 aromatic carbocycles. The van der Waals surface area contributed by atoms with Gasteiger partial charge in [0.25, 0.3) is 5.91 Å². The van der Waals surface area contributed by atoms with Gasteiger partial charge in [0.05, 0.1) is 36.1 Å². The van der Waals surface area contributed by atoms with Crippen molar-refractivity contribution < 1.29 is 18.8 Å². The lowest BCUT2D eigenvalue weighted by Crippen LogP contribution is -2.54. The molecule has 0 N–H and O–H groups in total. The predicted molar refractivity (Wildman–Crippen MR) is 129 cm³/mol. The van der Waals surface area contributed by atoms with Gasteiger partial charge >= 0.3 is 5.72 Å². The van der Waals surface area contributed by atoms with Crippen LogP contribution in [0.2, 0.25) is 0 Å². The predicted octanol–water partition coefficient (Wildman–Crippen LogP) is 3.98. The molecule has 1 spiro atoms. The Morgan fingerprint density at radius 2 is 2.03 bits per heavy atom. The van der Waals surface area contributed by atoms with Gasteiger partial charge in [0, 0.05) is 19.8 Å². The standard InChI is InChI=1S/C26H24FN5O3/c1-16-14-31(15-28-16)22-8-6-17(12-23(22)34-3)11-18-5-4-10-32-24(18)29-35-26(32)20-13-19(27)7-9-21(20)30(2)25(26)33/h6-9,11-15H,4-5,10H2,1-3H3. The van der Waals surface area contributed by atoms with E-state index < -0.39 is 11.5 Å². The molecular formula is C26H24FN5O3. The number of amides is 1. The van der Waals surface area contributed by atoms with Gasteiger partial charge in [-0.2, -0.15) is 0 Å². The summed E-state index contributed by atoms with van der Waals surface area (Å²) >= 11 is 0. The fraction of sp³-hybridized carbons (Fsp3) is 0.269. The summed E-state index contributed by atoms with van der Waals surface area (Å²) in [6.07, 6.45) is 7.31. The van der Waals surface area contributed by atoms with E-state index in [1.54, 1.807) is 26.6 Å². The largest absolute Gasteiger partial charge is 0.495 e. The number of benzene rings is 2. The first-order valence-electron chi connectivity index (χ1n) is 11.4. The van der Waals surface area contributed by atoms with Gasteiger partial charge < -0.3 is 23.9 Å². The number of carbonyl (C=O) groups is 1. The minimum Gasteiger partial charge on any atom is -0.495 e. The second kappa shape index (κ2) is 7.69. The molecule has 3 aliphatic heterocycles. The van der Waals surface area contributed by atoms with Crippen molar-refractivity contribution in [3.8, 4) is 11.4 Å². The van der Waals surface area contributed by atoms with E-state index in [0.717, 1.165) is 35.4 Å². The Labute approximate surface area is 201 Å². The van der Waals surface area contributed by atoms with E-state index in [2.05, 4.69) is 10.1 Å². The van der Waals surface area contributed by atoms with Crippen LogP contribution in [-0.2, 0) is 15.4 Å². The van der Waals surface area contributed by atoms with Crippen LogP contribution in [0.5, 0.6) is 5.75 Å². The number of amidine groups is 1. The second-order valence-corrected chi connectivity index (χ2v) is 8.95. The number of likely N-dealkylation sites (N-methyl/N-ethyl adjacent to an activating group) is 1. The van der Waals surface area contributed by atoms with Crippen molar-refractivity contribution in [3.63, 3.8) is 0 Å². The number of rotatable bonds is 3. The van der Waals surface area contributed by atoms with Gasteiger partial charge in [0.15, 0.2) is 5.84 Å². The number of ether oxygens (including phenoxy) is 1. The molecule has 1 atom stereocenters. The molecule has 3 aromatic rings. The SMILES string of the molecule is COc1cc(C=C2CCCN3C2=NOC32C(=O)N(C)c3ccc(F)cc32)ccc1-n1cnc(C)c1. The third-order valence-electron chi connectivity index (χ3n) is 6.83. The number of hydrogen-bond donors (Lipinski definition) is 0. The summed E-state index contributed by atoms with van der Waals surface area (Å²) in [4.78, 5) is 26.9. The normalized spacial score (nSPS) is 21.9. The van der Waals surface area contributed by atoms with Gasteiger partial charge in [-0.15, -0.1) is 0 Å². The number of methoxy groups -OCH3 is 1. The Bertz CT molecular complexity index is 1430. The van der Waals surface area contributed by atoms with E-state index >= 15 is 0 Å². The van der Waals surface area contributed by atoms with E-state index in [0.29, 0.717) is 29.4 Å². The molecule has 6 rings (SSSR count). The molecule has 0 aliphatic carbocycles. The quantitative estimate of drug-likeness (QED) is 0.576. The topological polar surface area (TPSA) is 72.2 Å². The molecule has 178 valence electrons. The Balaban J connectivity index is 1.37. The number of hydrogen-bond acceptors (Lipinski definition) is 6. The number of nitrogens with zero attached hydrogens (tertiary/aromatic N) is 5. The van der Waals surface area contributed by atoms with Crippen LogP contribution >= 0.6 is 0 Å². The lowest BCUT2D eigenvalue weighted by atomic mass is 9.95. The highest BCUT2D eigenvalue weighted by Gasteiger charge is 2.62. The molecule has 1 saturated heterocycles. The zero-order valence-electron chi connectivity index (χ0n) is 19.7. The van der Waals surface area contributed by atoms with Crippen LogP contribution in [0.4, 0.5) is 10.1 Å². The minimum atomic E-state index is -1.47. The highest BCUT2D eigenvalue weighted by molar-refractivity contribution is 6.12. The molecule has 1 amide bonds. The molecule has 35 heavy (non-hydrogen) atoms. The summed E-state index contributed by atoms with van der Waals surface area (Å²) in [7, 11) is 3.31. The summed E-state index contributed by atoms with van der Waals surface area (Å²) in [6.45, 7) is 2.52. The number of oxime groups is 1. The molecule has 1 unspecified atom stereocenters. The van der Waals surface area contributed by atoms with Crippen LogP contribution in [0.3, 0.4) is 0 Å². The summed E-state index contributed by atoms with van der Waals surface area (Å²) in [5, 5.41) is 4.36. The third kappa shape index (κ3) is 3.07. The number of piperidine rings is 1. The molecule has 0 saturated carbocycles. The number of carbonyl (C=O) groups excluding carboxylic acids is 1. The maximum Gasteiger partial charge on any atom is 0.318 e. The fourth-order valence-electron chi connectivity index (χ4n) is 5.15. The molecule has 9 heteroatoms. The molecule has 0 radical (unpaired) electrons. The van der Waals surface area contributed by atoms with Gasteiger partial charge in [-0.25, -0.2) is 9.37 Å². The number of imidazole rings is 1. The smallest absolute Gasteiger partial charge is 0.318 e. The molecule has 8 nitrogen and oxygen atoms in total. The van der Waals surface area contributed by atoms with E-state index in [1.807, 2.05) is 46.9 Å². The third-order valence-corrected chi connectivity index (χ3v) is 6.83. The van der Waals surface area contributed by atoms with Gasteiger partial charge in [-0.05, 0) is 67.3 Å². The number of fused-ring (bicyclic) bond motifs is 4. The first-order chi connectivity index (χ1) is 16.9. The summed E-state index contributed by atoms with van der Waals surface area (Å²) in [6, 6.07) is 10.3. The Kier molecular flexibility index (Phi) is 4.70. The van der Waals surface area contributed by atoms with Gasteiger partial charge in [0.1, 0.15) is 11.6 Å². The van der Waals surface area contributed by atoms with Crippen molar-refractivity contribution in [1.29, 1.82) is 0 Å². The molecule has 1 fully saturated rings. The number of aromatic nitrogens is 2. The van der Waals surface area contributed by atoms with Crippen molar-refractivity contribution in [1.82, 2.24) is 14.5 Å². The summed E-state index contributed by atoms with van der Waals surface area (Å²) in [5.41, 5.74) is 3.32. The van der Waals surface area contributed by atoms with Crippen molar-refractivity contribution >= 4 is 23.5 Å². The number of aryl methyl sites for hydroxylation is 1. The molecule has 0 bridgehead atoms. The number of halogens is 1.